The van der Waals surface area contributed by atoms with Crippen molar-refractivity contribution in [2.24, 2.45) is 11.7 Å². The van der Waals surface area contributed by atoms with Crippen LogP contribution < -0.4 is 11.1 Å². The van der Waals surface area contributed by atoms with Crippen molar-refractivity contribution in [3.8, 4) is 0 Å². The van der Waals surface area contributed by atoms with Crippen LogP contribution in [0.5, 0.6) is 0 Å². The zero-order valence-electron chi connectivity index (χ0n) is 9.55. The number of furan rings is 1. The molecule has 84 valence electrons. The first kappa shape index (κ1) is 10.7. The van der Waals surface area contributed by atoms with Crippen molar-refractivity contribution < 1.29 is 4.42 Å². The quantitative estimate of drug-likeness (QED) is 0.776. The lowest BCUT2D eigenvalue weighted by Gasteiger charge is -2.24. The summed E-state index contributed by atoms with van der Waals surface area (Å²) in [5, 5.41) is 3.36. The van der Waals surface area contributed by atoms with E-state index in [1.165, 1.54) is 12.8 Å². The molecule has 1 heterocycles. The molecule has 0 saturated heterocycles. The molecule has 0 aromatic carbocycles. The number of hydrogen-bond donors (Lipinski definition) is 2. The first-order chi connectivity index (χ1) is 7.08. The van der Waals surface area contributed by atoms with Gasteiger partial charge in [0, 0.05) is 12.1 Å². The van der Waals surface area contributed by atoms with Crippen LogP contribution in [-0.2, 0) is 6.54 Å². The third-order valence-corrected chi connectivity index (χ3v) is 3.11. The average Bonchev–Trinajstić information content (AvgIpc) is 2.92. The predicted molar refractivity (Wildman–Crippen MR) is 60.5 cm³/mol. The lowest BCUT2D eigenvalue weighted by molar-refractivity contribution is 0.367. The highest BCUT2D eigenvalue weighted by Crippen LogP contribution is 2.37. The molecule has 2 rings (SSSR count). The van der Waals surface area contributed by atoms with E-state index < -0.39 is 0 Å². The Kier molecular flexibility index (Phi) is 2.85. The standard InChI is InChI=1S/C12H20N2O/c1-9-3-6-11(15-9)7-14-8-12(2,13)10-4-5-10/h3,6,10,14H,4-5,7-8,13H2,1-2H3. The Hall–Kier alpha value is -0.800. The zero-order chi connectivity index (χ0) is 10.9. The maximum atomic E-state index is 6.20. The van der Waals surface area contributed by atoms with Crippen LogP contribution >= 0.6 is 0 Å². The summed E-state index contributed by atoms with van der Waals surface area (Å²) in [6, 6.07) is 3.99. The average molecular weight is 208 g/mol. The zero-order valence-corrected chi connectivity index (χ0v) is 9.55. The Morgan fingerprint density at radius 1 is 1.53 bits per heavy atom. The molecule has 1 unspecified atom stereocenters. The van der Waals surface area contributed by atoms with Gasteiger partial charge in [-0.2, -0.15) is 0 Å². The van der Waals surface area contributed by atoms with E-state index in [9.17, 15) is 0 Å². The highest BCUT2D eigenvalue weighted by molar-refractivity contribution is 5.05. The molecule has 0 spiro atoms. The molecule has 15 heavy (non-hydrogen) atoms. The van der Waals surface area contributed by atoms with Crippen molar-refractivity contribution in [2.45, 2.75) is 38.8 Å². The van der Waals surface area contributed by atoms with E-state index in [2.05, 4.69) is 12.2 Å². The molecular formula is C12H20N2O. The van der Waals surface area contributed by atoms with Gasteiger partial charge in [0.2, 0.25) is 0 Å². The Morgan fingerprint density at radius 3 is 2.80 bits per heavy atom. The largest absolute Gasteiger partial charge is 0.465 e. The normalized spacial score (nSPS) is 20.2. The number of hydrogen-bond acceptors (Lipinski definition) is 3. The minimum atomic E-state index is -0.0539. The fourth-order valence-corrected chi connectivity index (χ4v) is 1.92. The molecule has 1 aromatic heterocycles. The van der Waals surface area contributed by atoms with Crippen molar-refractivity contribution in [3.63, 3.8) is 0 Å². The van der Waals surface area contributed by atoms with Crippen molar-refractivity contribution in [3.05, 3.63) is 23.7 Å². The molecule has 1 aromatic rings. The Labute approximate surface area is 91.0 Å². The lowest BCUT2D eigenvalue weighted by Crippen LogP contribution is -2.47. The molecule has 3 heteroatoms. The molecule has 1 aliphatic carbocycles. The van der Waals surface area contributed by atoms with Crippen LogP contribution in [0.25, 0.3) is 0 Å². The number of nitrogens with one attached hydrogen (secondary N) is 1. The number of rotatable bonds is 5. The highest BCUT2D eigenvalue weighted by atomic mass is 16.3. The highest BCUT2D eigenvalue weighted by Gasteiger charge is 2.37. The van der Waals surface area contributed by atoms with Gasteiger partial charge in [-0.25, -0.2) is 0 Å². The van der Waals surface area contributed by atoms with Crippen LogP contribution in [0.4, 0.5) is 0 Å². The molecule has 1 aliphatic rings. The number of nitrogens with two attached hydrogens (primary N) is 1. The van der Waals surface area contributed by atoms with Crippen LogP contribution in [0, 0.1) is 12.8 Å². The van der Waals surface area contributed by atoms with Gasteiger partial charge in [-0.1, -0.05) is 0 Å². The molecule has 0 bridgehead atoms. The number of aryl methyl sites for hydroxylation is 1. The van der Waals surface area contributed by atoms with E-state index in [4.69, 9.17) is 10.2 Å². The van der Waals surface area contributed by atoms with Gasteiger partial charge < -0.3 is 15.5 Å². The fraction of sp³-hybridized carbons (Fsp3) is 0.667. The summed E-state index contributed by atoms with van der Waals surface area (Å²) in [5.74, 6) is 2.66. The second kappa shape index (κ2) is 3.99. The first-order valence-corrected chi connectivity index (χ1v) is 5.63. The smallest absolute Gasteiger partial charge is 0.117 e. The van der Waals surface area contributed by atoms with E-state index in [1.54, 1.807) is 0 Å². The Morgan fingerprint density at radius 2 is 2.27 bits per heavy atom. The Bertz CT molecular complexity index is 326. The van der Waals surface area contributed by atoms with Crippen LogP contribution in [0.3, 0.4) is 0 Å². The lowest BCUT2D eigenvalue weighted by atomic mass is 9.97. The second-order valence-electron chi connectivity index (χ2n) is 4.90. The van der Waals surface area contributed by atoms with Gasteiger partial charge in [-0.3, -0.25) is 0 Å². The van der Waals surface area contributed by atoms with E-state index in [0.717, 1.165) is 24.6 Å². The van der Waals surface area contributed by atoms with E-state index in [1.807, 2.05) is 19.1 Å². The molecule has 1 fully saturated rings. The van der Waals surface area contributed by atoms with Crippen molar-refractivity contribution in [1.29, 1.82) is 0 Å². The van der Waals surface area contributed by atoms with Crippen molar-refractivity contribution in [1.82, 2.24) is 5.32 Å². The van der Waals surface area contributed by atoms with Crippen LogP contribution in [0.15, 0.2) is 16.5 Å². The van der Waals surface area contributed by atoms with Gasteiger partial charge in [0.05, 0.1) is 6.54 Å². The monoisotopic (exact) mass is 208 g/mol. The fourth-order valence-electron chi connectivity index (χ4n) is 1.92. The van der Waals surface area contributed by atoms with Crippen LogP contribution in [0.2, 0.25) is 0 Å². The molecule has 3 nitrogen and oxygen atoms in total. The van der Waals surface area contributed by atoms with Gasteiger partial charge in [-0.05, 0) is 44.7 Å². The summed E-state index contributed by atoms with van der Waals surface area (Å²) in [6.45, 7) is 5.72. The SMILES string of the molecule is Cc1ccc(CNCC(C)(N)C2CC2)o1. The van der Waals surface area contributed by atoms with Crippen molar-refractivity contribution in [2.75, 3.05) is 6.54 Å². The molecular weight excluding hydrogens is 188 g/mol. The van der Waals surface area contributed by atoms with Gasteiger partial charge in [0.1, 0.15) is 11.5 Å². The van der Waals surface area contributed by atoms with E-state index >= 15 is 0 Å². The maximum Gasteiger partial charge on any atom is 0.117 e. The van der Waals surface area contributed by atoms with Gasteiger partial charge in [-0.15, -0.1) is 0 Å². The summed E-state index contributed by atoms with van der Waals surface area (Å²) < 4.78 is 5.47. The van der Waals surface area contributed by atoms with Crippen molar-refractivity contribution >= 4 is 0 Å². The third kappa shape index (κ3) is 2.83. The summed E-state index contributed by atoms with van der Waals surface area (Å²) in [5.41, 5.74) is 6.14. The minimum absolute atomic E-state index is 0.0539. The van der Waals surface area contributed by atoms with Crippen LogP contribution in [0.1, 0.15) is 31.3 Å². The third-order valence-electron chi connectivity index (χ3n) is 3.11. The van der Waals surface area contributed by atoms with E-state index in [0.29, 0.717) is 5.92 Å². The first-order valence-electron chi connectivity index (χ1n) is 5.63. The maximum absolute atomic E-state index is 6.20. The second-order valence-corrected chi connectivity index (χ2v) is 4.90. The molecule has 0 amide bonds. The molecule has 0 aliphatic heterocycles. The molecule has 1 atom stereocenters. The summed E-state index contributed by atoms with van der Waals surface area (Å²) in [4.78, 5) is 0. The topological polar surface area (TPSA) is 51.2 Å². The van der Waals surface area contributed by atoms with Gasteiger partial charge in [0.25, 0.3) is 0 Å². The predicted octanol–water partition coefficient (Wildman–Crippen LogP) is 1.81. The summed E-state index contributed by atoms with van der Waals surface area (Å²) in [6.07, 6.45) is 2.57. The molecule has 1 saturated carbocycles. The van der Waals surface area contributed by atoms with Crippen LogP contribution in [-0.4, -0.2) is 12.1 Å². The Balaban J connectivity index is 1.74. The minimum Gasteiger partial charge on any atom is -0.465 e. The van der Waals surface area contributed by atoms with E-state index in [-0.39, 0.29) is 5.54 Å². The molecule has 0 radical (unpaired) electrons. The molecule has 3 N–H and O–H groups in total. The van der Waals surface area contributed by atoms with Gasteiger partial charge >= 0.3 is 0 Å². The summed E-state index contributed by atoms with van der Waals surface area (Å²) in [7, 11) is 0. The van der Waals surface area contributed by atoms with Gasteiger partial charge in [0.15, 0.2) is 0 Å². The summed E-state index contributed by atoms with van der Waals surface area (Å²) >= 11 is 0.